The maximum atomic E-state index is 12.5. The average Bonchev–Trinajstić information content (AvgIpc) is 3.15. The lowest BCUT2D eigenvalue weighted by atomic mass is 10.00. The van der Waals surface area contributed by atoms with Crippen LogP contribution in [0.4, 0.5) is 0 Å². The van der Waals surface area contributed by atoms with E-state index in [-0.39, 0.29) is 0 Å². The van der Waals surface area contributed by atoms with E-state index < -0.39 is 36.9 Å². The van der Waals surface area contributed by atoms with Crippen molar-refractivity contribution in [3.05, 3.63) is 36.5 Å². The van der Waals surface area contributed by atoms with Gasteiger partial charge in [0.1, 0.15) is 12.2 Å². The van der Waals surface area contributed by atoms with Crippen LogP contribution in [0.15, 0.2) is 36.5 Å². The van der Waals surface area contributed by atoms with E-state index in [0.29, 0.717) is 19.3 Å². The summed E-state index contributed by atoms with van der Waals surface area (Å²) in [5, 5.41) is 43.7. The second-order valence-electron chi connectivity index (χ2n) is 15.4. The molecule has 0 fully saturated rings. The number of amides is 1. The highest BCUT2D eigenvalue weighted by Gasteiger charge is 2.28. The summed E-state index contributed by atoms with van der Waals surface area (Å²) < 4.78 is 0. The van der Waals surface area contributed by atoms with Crippen molar-refractivity contribution in [2.75, 3.05) is 6.61 Å². The van der Waals surface area contributed by atoms with Crippen molar-refractivity contribution in [2.24, 2.45) is 0 Å². The molecule has 1 amide bonds. The number of unbranched alkanes of at least 4 members (excludes halogenated alkanes) is 25. The van der Waals surface area contributed by atoms with Gasteiger partial charge in [-0.25, -0.2) is 0 Å². The summed E-state index contributed by atoms with van der Waals surface area (Å²) in [6, 6.07) is -1.01. The Labute approximate surface area is 322 Å². The Morgan fingerprint density at radius 2 is 0.808 bits per heavy atom. The molecule has 4 unspecified atom stereocenters. The summed E-state index contributed by atoms with van der Waals surface area (Å²) in [6.45, 7) is 4.02. The number of carbonyl (C=O) groups is 1. The minimum Gasteiger partial charge on any atom is -0.394 e. The van der Waals surface area contributed by atoms with Crippen LogP contribution < -0.4 is 5.32 Å². The normalized spacial score (nSPS) is 14.5. The summed E-state index contributed by atoms with van der Waals surface area (Å²) in [6.07, 6.45) is 47.4. The van der Waals surface area contributed by atoms with Crippen molar-refractivity contribution in [3.8, 4) is 0 Å². The number of hydrogen-bond donors (Lipinski definition) is 5. The fourth-order valence-electron chi connectivity index (χ4n) is 6.73. The number of aliphatic hydroxyl groups is 4. The van der Waals surface area contributed by atoms with Gasteiger partial charge in [-0.15, -0.1) is 0 Å². The third kappa shape index (κ3) is 34.3. The molecule has 6 nitrogen and oxygen atoms in total. The maximum Gasteiger partial charge on any atom is 0.249 e. The van der Waals surface area contributed by atoms with E-state index in [0.717, 1.165) is 51.4 Å². The molecule has 0 radical (unpaired) electrons. The van der Waals surface area contributed by atoms with Crippen molar-refractivity contribution in [1.82, 2.24) is 5.32 Å². The summed E-state index contributed by atoms with van der Waals surface area (Å²) in [7, 11) is 0. The molecule has 0 spiro atoms. The van der Waals surface area contributed by atoms with Gasteiger partial charge in [0.05, 0.1) is 18.8 Å². The van der Waals surface area contributed by atoms with Crippen LogP contribution in [0.2, 0.25) is 0 Å². The molecule has 6 heteroatoms. The summed E-state index contributed by atoms with van der Waals surface area (Å²) in [4.78, 5) is 12.5. The van der Waals surface area contributed by atoms with Gasteiger partial charge in [0.25, 0.3) is 0 Å². The quantitative estimate of drug-likeness (QED) is 0.0318. The minimum absolute atomic E-state index is 0.361. The largest absolute Gasteiger partial charge is 0.394 e. The highest BCUT2D eigenvalue weighted by atomic mass is 16.3. The molecule has 0 aliphatic heterocycles. The molecule has 4 atom stereocenters. The fraction of sp³-hybridized carbons (Fsp3) is 0.848. The summed E-state index contributed by atoms with van der Waals surface area (Å²) in [5.74, 6) is -0.598. The van der Waals surface area contributed by atoms with Gasteiger partial charge >= 0.3 is 0 Å². The Morgan fingerprint density at radius 1 is 0.462 bits per heavy atom. The Kier molecular flexibility index (Phi) is 39.6. The second-order valence-corrected chi connectivity index (χ2v) is 15.4. The number of allylic oxidation sites excluding steroid dienone is 6. The maximum absolute atomic E-state index is 12.5. The molecule has 5 N–H and O–H groups in total. The predicted octanol–water partition coefficient (Wildman–Crippen LogP) is 11.7. The highest BCUT2D eigenvalue weighted by molar-refractivity contribution is 5.80. The van der Waals surface area contributed by atoms with Gasteiger partial charge in [0, 0.05) is 0 Å². The molecule has 0 aromatic rings. The van der Waals surface area contributed by atoms with E-state index in [2.05, 4.69) is 55.6 Å². The standard InChI is InChI=1S/C46H87NO5/c1-3-5-7-9-11-13-15-17-19-21-23-25-27-29-31-33-35-37-39-43(49)45(51)42(41-48)47-46(52)44(50)40-38-36-34-32-30-28-26-24-22-20-18-16-14-12-10-8-6-4-2/h15,17,23,25,31,33,42-45,48-51H,3-14,16,18-22,24,26-30,32,34-41H2,1-2H3,(H,47,52)/b17-15+,25-23+,33-31+. The SMILES string of the molecule is CCCCCCC/C=C/CC/C=C/CC/C=C/CCCC(O)C(O)C(CO)NC(=O)C(O)CCCCCCCCCCCCCCCCCCCC. The number of rotatable bonds is 40. The van der Waals surface area contributed by atoms with E-state index in [1.165, 1.54) is 135 Å². The van der Waals surface area contributed by atoms with Crippen LogP contribution >= 0.6 is 0 Å². The van der Waals surface area contributed by atoms with Gasteiger partial charge in [-0.05, 0) is 64.2 Å². The third-order valence-electron chi connectivity index (χ3n) is 10.3. The first kappa shape index (κ1) is 50.5. The Hall–Kier alpha value is -1.47. The van der Waals surface area contributed by atoms with E-state index in [1.807, 2.05) is 0 Å². The molecule has 0 aromatic carbocycles. The van der Waals surface area contributed by atoms with Crippen LogP contribution in [-0.4, -0.2) is 57.3 Å². The second kappa shape index (κ2) is 40.7. The van der Waals surface area contributed by atoms with E-state index in [9.17, 15) is 25.2 Å². The average molecular weight is 734 g/mol. The first-order valence-electron chi connectivity index (χ1n) is 22.4. The van der Waals surface area contributed by atoms with E-state index in [1.54, 1.807) is 0 Å². The summed E-state index contributed by atoms with van der Waals surface area (Å²) >= 11 is 0. The zero-order chi connectivity index (χ0) is 38.2. The molecule has 0 saturated carbocycles. The van der Waals surface area contributed by atoms with Gasteiger partial charge in [-0.2, -0.15) is 0 Å². The fourth-order valence-corrected chi connectivity index (χ4v) is 6.73. The molecule has 0 aliphatic carbocycles. The zero-order valence-electron chi connectivity index (χ0n) is 34.3. The molecule has 306 valence electrons. The molecule has 0 saturated heterocycles. The molecule has 52 heavy (non-hydrogen) atoms. The van der Waals surface area contributed by atoms with Gasteiger partial charge in [0.15, 0.2) is 0 Å². The van der Waals surface area contributed by atoms with Crippen LogP contribution in [-0.2, 0) is 4.79 Å². The van der Waals surface area contributed by atoms with Crippen molar-refractivity contribution in [3.63, 3.8) is 0 Å². The topological polar surface area (TPSA) is 110 Å². The van der Waals surface area contributed by atoms with Crippen LogP contribution in [0.25, 0.3) is 0 Å². The molecule has 0 rings (SSSR count). The first-order chi connectivity index (χ1) is 25.5. The molecule has 0 heterocycles. The molecule has 0 aliphatic rings. The molecule has 0 bridgehead atoms. The number of carbonyl (C=O) groups excluding carboxylic acids is 1. The van der Waals surface area contributed by atoms with Crippen LogP contribution in [0.5, 0.6) is 0 Å². The Morgan fingerprint density at radius 3 is 1.21 bits per heavy atom. The Bertz CT molecular complexity index is 828. The molecular weight excluding hydrogens is 647 g/mol. The predicted molar refractivity (Wildman–Crippen MR) is 224 cm³/mol. The van der Waals surface area contributed by atoms with Crippen LogP contribution in [0.3, 0.4) is 0 Å². The van der Waals surface area contributed by atoms with Gasteiger partial charge in [-0.1, -0.05) is 192 Å². The van der Waals surface area contributed by atoms with E-state index >= 15 is 0 Å². The van der Waals surface area contributed by atoms with Gasteiger partial charge in [0.2, 0.25) is 5.91 Å². The lowest BCUT2D eigenvalue weighted by molar-refractivity contribution is -0.132. The minimum atomic E-state index is -1.29. The molecule has 0 aromatic heterocycles. The Balaban J connectivity index is 3.81. The van der Waals surface area contributed by atoms with Crippen molar-refractivity contribution in [1.29, 1.82) is 0 Å². The van der Waals surface area contributed by atoms with Crippen LogP contribution in [0, 0.1) is 0 Å². The van der Waals surface area contributed by atoms with Crippen molar-refractivity contribution >= 4 is 5.91 Å². The first-order valence-corrected chi connectivity index (χ1v) is 22.4. The third-order valence-corrected chi connectivity index (χ3v) is 10.3. The van der Waals surface area contributed by atoms with Crippen molar-refractivity contribution in [2.45, 2.75) is 244 Å². The summed E-state index contributed by atoms with van der Waals surface area (Å²) in [5.41, 5.74) is 0. The van der Waals surface area contributed by atoms with Crippen molar-refractivity contribution < 1.29 is 25.2 Å². The van der Waals surface area contributed by atoms with Crippen LogP contribution in [0.1, 0.15) is 219 Å². The monoisotopic (exact) mass is 734 g/mol. The lowest BCUT2D eigenvalue weighted by Crippen LogP contribution is -2.53. The number of aliphatic hydroxyl groups excluding tert-OH is 4. The van der Waals surface area contributed by atoms with Gasteiger partial charge < -0.3 is 25.7 Å². The zero-order valence-corrected chi connectivity index (χ0v) is 34.3. The highest BCUT2D eigenvalue weighted by Crippen LogP contribution is 2.16. The van der Waals surface area contributed by atoms with E-state index in [4.69, 9.17) is 0 Å². The smallest absolute Gasteiger partial charge is 0.249 e. The number of hydrogen-bond acceptors (Lipinski definition) is 5. The molecular formula is C46H87NO5. The van der Waals surface area contributed by atoms with Gasteiger partial charge in [-0.3, -0.25) is 4.79 Å². The number of nitrogens with one attached hydrogen (secondary N) is 1. The lowest BCUT2D eigenvalue weighted by Gasteiger charge is -2.27.